The van der Waals surface area contributed by atoms with Crippen LogP contribution in [0.3, 0.4) is 0 Å². The summed E-state index contributed by atoms with van der Waals surface area (Å²) in [5, 5.41) is 0. The van der Waals surface area contributed by atoms with Crippen molar-refractivity contribution in [2.75, 3.05) is 0 Å². The van der Waals surface area contributed by atoms with Gasteiger partial charge in [-0.05, 0) is 33.1 Å². The van der Waals surface area contributed by atoms with Crippen molar-refractivity contribution in [3.8, 4) is 0 Å². The minimum atomic E-state index is 0.463. The minimum Gasteiger partial charge on any atom is -0.289 e. The van der Waals surface area contributed by atoms with Gasteiger partial charge in [-0.15, -0.1) is 0 Å². The summed E-state index contributed by atoms with van der Waals surface area (Å²) in [6.07, 6.45) is 2.58. The SMILES string of the molecule is CCC(C)C1N(C(C)CC)C1(C)C. The Kier molecular flexibility index (Phi) is 3.06. The van der Waals surface area contributed by atoms with Gasteiger partial charge in [-0.2, -0.15) is 0 Å². The first-order valence-corrected chi connectivity index (χ1v) is 5.75. The molecule has 4 atom stereocenters. The van der Waals surface area contributed by atoms with Crippen LogP contribution in [0.2, 0.25) is 0 Å². The Hall–Kier alpha value is -0.0400. The molecule has 0 aromatic rings. The average Bonchev–Trinajstić information content (AvgIpc) is 2.66. The van der Waals surface area contributed by atoms with Gasteiger partial charge >= 0.3 is 0 Å². The maximum atomic E-state index is 2.68. The van der Waals surface area contributed by atoms with Gasteiger partial charge in [0.25, 0.3) is 0 Å². The van der Waals surface area contributed by atoms with Crippen LogP contribution in [0.25, 0.3) is 0 Å². The van der Waals surface area contributed by atoms with Gasteiger partial charge in [0.2, 0.25) is 0 Å². The molecule has 4 unspecified atom stereocenters. The predicted molar refractivity (Wildman–Crippen MR) is 58.9 cm³/mol. The molecule has 0 radical (unpaired) electrons. The Balaban J connectivity index is 2.60. The highest BCUT2D eigenvalue weighted by molar-refractivity contribution is 5.14. The Labute approximate surface area is 83.5 Å². The van der Waals surface area contributed by atoms with E-state index in [-0.39, 0.29) is 0 Å². The summed E-state index contributed by atoms with van der Waals surface area (Å²) < 4.78 is 0. The average molecular weight is 183 g/mol. The van der Waals surface area contributed by atoms with Gasteiger partial charge in [0.05, 0.1) is 0 Å². The van der Waals surface area contributed by atoms with Crippen molar-refractivity contribution >= 4 is 0 Å². The molecule has 1 heteroatoms. The molecular weight excluding hydrogens is 158 g/mol. The van der Waals surface area contributed by atoms with Gasteiger partial charge < -0.3 is 0 Å². The van der Waals surface area contributed by atoms with Crippen LogP contribution in [0, 0.1) is 5.92 Å². The molecule has 1 nitrogen and oxygen atoms in total. The van der Waals surface area contributed by atoms with Gasteiger partial charge in [0, 0.05) is 17.6 Å². The standard InChI is InChI=1S/C12H25N/c1-7-9(3)11-12(5,6)13(11)10(4)8-2/h9-11H,7-8H2,1-6H3. The zero-order valence-electron chi connectivity index (χ0n) is 10.1. The zero-order chi connectivity index (χ0) is 10.2. The molecule has 0 aliphatic carbocycles. The third-order valence-electron chi connectivity index (χ3n) is 3.87. The van der Waals surface area contributed by atoms with Crippen molar-refractivity contribution < 1.29 is 0 Å². The van der Waals surface area contributed by atoms with Crippen molar-refractivity contribution in [3.63, 3.8) is 0 Å². The van der Waals surface area contributed by atoms with E-state index in [4.69, 9.17) is 0 Å². The molecule has 0 N–H and O–H groups in total. The fraction of sp³-hybridized carbons (Fsp3) is 1.00. The summed E-state index contributed by atoms with van der Waals surface area (Å²) in [5.74, 6) is 0.851. The third-order valence-corrected chi connectivity index (χ3v) is 3.87. The fourth-order valence-electron chi connectivity index (χ4n) is 2.78. The Morgan fingerprint density at radius 3 is 2.08 bits per heavy atom. The quantitative estimate of drug-likeness (QED) is 0.604. The van der Waals surface area contributed by atoms with Gasteiger partial charge in [-0.1, -0.05) is 27.2 Å². The Morgan fingerprint density at radius 2 is 1.69 bits per heavy atom. The molecule has 13 heavy (non-hydrogen) atoms. The monoisotopic (exact) mass is 183 g/mol. The molecule has 1 saturated heterocycles. The lowest BCUT2D eigenvalue weighted by atomic mass is 9.97. The molecule has 0 bridgehead atoms. The fourth-order valence-corrected chi connectivity index (χ4v) is 2.78. The Morgan fingerprint density at radius 1 is 1.15 bits per heavy atom. The highest BCUT2D eigenvalue weighted by Gasteiger charge is 2.58. The molecule has 1 aliphatic rings. The van der Waals surface area contributed by atoms with E-state index in [1.807, 2.05) is 0 Å². The molecule has 1 aliphatic heterocycles. The second-order valence-corrected chi connectivity index (χ2v) is 5.15. The van der Waals surface area contributed by atoms with E-state index in [2.05, 4.69) is 46.4 Å². The van der Waals surface area contributed by atoms with Crippen LogP contribution in [-0.2, 0) is 0 Å². The summed E-state index contributed by atoms with van der Waals surface area (Å²) in [6.45, 7) is 14.1. The van der Waals surface area contributed by atoms with E-state index in [0.717, 1.165) is 18.0 Å². The lowest BCUT2D eigenvalue weighted by Crippen LogP contribution is -2.20. The van der Waals surface area contributed by atoms with Crippen molar-refractivity contribution in [2.24, 2.45) is 5.92 Å². The highest BCUT2D eigenvalue weighted by Crippen LogP contribution is 2.47. The zero-order valence-corrected chi connectivity index (χ0v) is 10.1. The van der Waals surface area contributed by atoms with Crippen molar-refractivity contribution in [3.05, 3.63) is 0 Å². The van der Waals surface area contributed by atoms with Gasteiger partial charge in [-0.25, -0.2) is 0 Å². The summed E-state index contributed by atoms with van der Waals surface area (Å²) in [4.78, 5) is 2.68. The lowest BCUT2D eigenvalue weighted by molar-refractivity contribution is 0.316. The summed E-state index contributed by atoms with van der Waals surface area (Å²) in [6, 6.07) is 1.58. The third kappa shape index (κ3) is 1.76. The summed E-state index contributed by atoms with van der Waals surface area (Å²) >= 11 is 0. The molecule has 1 heterocycles. The molecule has 78 valence electrons. The molecular formula is C12H25N. The maximum absolute atomic E-state index is 2.68. The minimum absolute atomic E-state index is 0.463. The second-order valence-electron chi connectivity index (χ2n) is 5.15. The largest absolute Gasteiger partial charge is 0.289 e. The second kappa shape index (κ2) is 3.61. The van der Waals surface area contributed by atoms with E-state index < -0.39 is 0 Å². The van der Waals surface area contributed by atoms with E-state index in [0.29, 0.717) is 5.54 Å². The smallest absolute Gasteiger partial charge is 0.0318 e. The van der Waals surface area contributed by atoms with Crippen molar-refractivity contribution in [2.45, 2.75) is 72.0 Å². The predicted octanol–water partition coefficient (Wildman–Crippen LogP) is 3.29. The lowest BCUT2D eigenvalue weighted by Gasteiger charge is -2.14. The molecule has 0 aromatic heterocycles. The van der Waals surface area contributed by atoms with Crippen LogP contribution < -0.4 is 0 Å². The van der Waals surface area contributed by atoms with Gasteiger partial charge in [-0.3, -0.25) is 4.90 Å². The normalized spacial score (nSPS) is 35.5. The first-order valence-electron chi connectivity index (χ1n) is 5.75. The van der Waals surface area contributed by atoms with E-state index in [1.165, 1.54) is 12.8 Å². The maximum Gasteiger partial charge on any atom is 0.0318 e. The molecule has 0 amide bonds. The van der Waals surface area contributed by atoms with Crippen LogP contribution in [0.4, 0.5) is 0 Å². The van der Waals surface area contributed by atoms with Crippen LogP contribution in [0.15, 0.2) is 0 Å². The molecule has 1 fully saturated rings. The number of hydrogen-bond acceptors (Lipinski definition) is 1. The van der Waals surface area contributed by atoms with E-state index in [1.54, 1.807) is 0 Å². The van der Waals surface area contributed by atoms with E-state index in [9.17, 15) is 0 Å². The molecule has 0 saturated carbocycles. The number of rotatable bonds is 4. The topological polar surface area (TPSA) is 3.01 Å². The first kappa shape index (κ1) is 11.0. The van der Waals surface area contributed by atoms with Crippen LogP contribution in [-0.4, -0.2) is 22.5 Å². The molecule has 1 rings (SSSR count). The summed E-state index contributed by atoms with van der Waals surface area (Å²) in [5.41, 5.74) is 0.463. The molecule has 0 aromatic carbocycles. The molecule has 0 spiro atoms. The Bertz CT molecular complexity index is 156. The number of hydrogen-bond donors (Lipinski definition) is 0. The van der Waals surface area contributed by atoms with Gasteiger partial charge in [0.1, 0.15) is 0 Å². The van der Waals surface area contributed by atoms with Crippen LogP contribution >= 0.6 is 0 Å². The van der Waals surface area contributed by atoms with E-state index >= 15 is 0 Å². The highest BCUT2D eigenvalue weighted by atomic mass is 15.4. The van der Waals surface area contributed by atoms with Crippen LogP contribution in [0.1, 0.15) is 54.4 Å². The van der Waals surface area contributed by atoms with Crippen molar-refractivity contribution in [1.29, 1.82) is 0 Å². The van der Waals surface area contributed by atoms with Crippen molar-refractivity contribution in [1.82, 2.24) is 4.90 Å². The number of nitrogens with zero attached hydrogens (tertiary/aromatic N) is 1. The van der Waals surface area contributed by atoms with Crippen LogP contribution in [0.5, 0.6) is 0 Å². The first-order chi connectivity index (χ1) is 5.96. The summed E-state index contributed by atoms with van der Waals surface area (Å²) in [7, 11) is 0. The van der Waals surface area contributed by atoms with Gasteiger partial charge in [0.15, 0.2) is 0 Å².